The predicted molar refractivity (Wildman–Crippen MR) is 69.1 cm³/mol. The second kappa shape index (κ2) is 5.19. The van der Waals surface area contributed by atoms with E-state index in [4.69, 9.17) is 11.6 Å². The summed E-state index contributed by atoms with van der Waals surface area (Å²) in [5.41, 5.74) is 2.36. The van der Waals surface area contributed by atoms with Crippen LogP contribution in [0.4, 0.5) is 0 Å². The van der Waals surface area contributed by atoms with Crippen molar-refractivity contribution in [3.63, 3.8) is 0 Å². The van der Waals surface area contributed by atoms with E-state index in [9.17, 15) is 4.79 Å². The smallest absolute Gasteiger partial charge is 0.221 e. The summed E-state index contributed by atoms with van der Waals surface area (Å²) in [6.07, 6.45) is 2.42. The van der Waals surface area contributed by atoms with Crippen LogP contribution in [0.15, 0.2) is 18.2 Å². The van der Waals surface area contributed by atoms with E-state index in [1.54, 1.807) is 0 Å². The Balaban J connectivity index is 2.12. The quantitative estimate of drug-likeness (QED) is 0.853. The molecule has 1 N–H and O–H groups in total. The molecule has 4 heteroatoms. The van der Waals surface area contributed by atoms with Crippen LogP contribution in [-0.4, -0.2) is 11.2 Å². The van der Waals surface area contributed by atoms with Crippen molar-refractivity contribution in [1.29, 1.82) is 0 Å². The molecule has 1 aromatic rings. The minimum atomic E-state index is 0.0923. The molecule has 0 heterocycles. The number of alkyl halides is 1. The highest BCUT2D eigenvalue weighted by Crippen LogP contribution is 2.35. The number of hydrogen-bond donors (Lipinski definition) is 1. The van der Waals surface area contributed by atoms with Crippen molar-refractivity contribution in [2.75, 3.05) is 5.33 Å². The van der Waals surface area contributed by atoms with Crippen LogP contribution in [-0.2, 0) is 11.2 Å². The van der Waals surface area contributed by atoms with Gasteiger partial charge < -0.3 is 5.32 Å². The third kappa shape index (κ3) is 2.41. The Kier molecular flexibility index (Phi) is 3.87. The lowest BCUT2D eigenvalue weighted by Gasteiger charge is -2.13. The highest BCUT2D eigenvalue weighted by molar-refractivity contribution is 9.09. The largest absolute Gasteiger partial charge is 0.349 e. The van der Waals surface area contributed by atoms with Crippen LogP contribution in [0.5, 0.6) is 0 Å². The van der Waals surface area contributed by atoms with Gasteiger partial charge in [-0.3, -0.25) is 4.79 Å². The molecule has 0 spiro atoms. The molecule has 1 aromatic carbocycles. The molecule has 16 heavy (non-hydrogen) atoms. The molecule has 1 atom stereocenters. The number of nitrogens with one attached hydrogen (secondary N) is 1. The van der Waals surface area contributed by atoms with Crippen molar-refractivity contribution in [3.05, 3.63) is 34.3 Å². The number of benzene rings is 1. The number of hydrogen-bond acceptors (Lipinski definition) is 1. The van der Waals surface area contributed by atoms with Crippen molar-refractivity contribution in [1.82, 2.24) is 5.32 Å². The standard InChI is InChI=1S/C12H13BrClNO/c13-7-6-12(16)15-11-5-4-8-9(11)2-1-3-10(8)14/h1-3,11H,4-7H2,(H,15,16)/t11-/m1/s1. The fourth-order valence-corrected chi connectivity index (χ4v) is 2.75. The normalized spacial score (nSPS) is 18.2. The van der Waals surface area contributed by atoms with Gasteiger partial charge in [0.05, 0.1) is 6.04 Å². The highest BCUT2D eigenvalue weighted by Gasteiger charge is 2.24. The maximum Gasteiger partial charge on any atom is 0.221 e. The summed E-state index contributed by atoms with van der Waals surface area (Å²) in [5.74, 6) is 0.0923. The number of fused-ring (bicyclic) bond motifs is 1. The summed E-state index contributed by atoms with van der Waals surface area (Å²) >= 11 is 9.37. The SMILES string of the molecule is O=C(CCBr)N[C@@H]1CCc2c(Cl)cccc21. The van der Waals surface area contributed by atoms with Gasteiger partial charge in [-0.1, -0.05) is 39.7 Å². The van der Waals surface area contributed by atoms with Crippen LogP contribution in [0.3, 0.4) is 0 Å². The van der Waals surface area contributed by atoms with Gasteiger partial charge in [-0.05, 0) is 30.0 Å². The molecule has 1 amide bonds. The van der Waals surface area contributed by atoms with Gasteiger partial charge >= 0.3 is 0 Å². The number of halogens is 2. The summed E-state index contributed by atoms with van der Waals surface area (Å²) in [6.45, 7) is 0. The van der Waals surface area contributed by atoms with Crippen molar-refractivity contribution in [3.8, 4) is 0 Å². The fourth-order valence-electron chi connectivity index (χ4n) is 2.11. The maximum absolute atomic E-state index is 11.5. The molecule has 86 valence electrons. The van der Waals surface area contributed by atoms with E-state index in [-0.39, 0.29) is 11.9 Å². The zero-order valence-corrected chi connectivity index (χ0v) is 11.1. The number of carbonyl (C=O) groups is 1. The van der Waals surface area contributed by atoms with Crippen LogP contribution >= 0.6 is 27.5 Å². The first-order chi connectivity index (χ1) is 7.72. The average molecular weight is 303 g/mol. The molecule has 0 saturated heterocycles. The second-order valence-corrected chi connectivity index (χ2v) is 5.11. The van der Waals surface area contributed by atoms with Gasteiger partial charge in [0.2, 0.25) is 5.91 Å². The van der Waals surface area contributed by atoms with Crippen molar-refractivity contribution in [2.45, 2.75) is 25.3 Å². The zero-order chi connectivity index (χ0) is 11.5. The molecule has 1 aliphatic rings. The Morgan fingerprint density at radius 1 is 1.56 bits per heavy atom. The summed E-state index contributed by atoms with van der Waals surface area (Å²) in [6, 6.07) is 6.03. The minimum absolute atomic E-state index is 0.0923. The van der Waals surface area contributed by atoms with Gasteiger partial charge in [0, 0.05) is 16.8 Å². The lowest BCUT2D eigenvalue weighted by molar-refractivity contribution is -0.121. The second-order valence-electron chi connectivity index (χ2n) is 3.91. The molecule has 0 bridgehead atoms. The van der Waals surface area contributed by atoms with E-state index in [0.29, 0.717) is 11.8 Å². The number of rotatable bonds is 3. The predicted octanol–water partition coefficient (Wildman–Crippen LogP) is 3.23. The first-order valence-electron chi connectivity index (χ1n) is 5.35. The Morgan fingerprint density at radius 2 is 2.38 bits per heavy atom. The lowest BCUT2D eigenvalue weighted by atomic mass is 10.1. The zero-order valence-electron chi connectivity index (χ0n) is 8.80. The van der Waals surface area contributed by atoms with Crippen LogP contribution in [0, 0.1) is 0 Å². The van der Waals surface area contributed by atoms with Crippen LogP contribution in [0.1, 0.15) is 30.0 Å². The molecule has 2 rings (SSSR count). The topological polar surface area (TPSA) is 29.1 Å². The highest BCUT2D eigenvalue weighted by atomic mass is 79.9. The van der Waals surface area contributed by atoms with Crippen molar-refractivity contribution >= 4 is 33.4 Å². The third-order valence-corrected chi connectivity index (χ3v) is 3.62. The molecule has 1 aliphatic carbocycles. The van der Waals surface area contributed by atoms with Crippen molar-refractivity contribution < 1.29 is 4.79 Å². The van der Waals surface area contributed by atoms with Gasteiger partial charge in [-0.15, -0.1) is 0 Å². The van der Waals surface area contributed by atoms with Crippen LogP contribution < -0.4 is 5.32 Å². The lowest BCUT2D eigenvalue weighted by Crippen LogP contribution is -2.27. The van der Waals surface area contributed by atoms with Gasteiger partial charge in [0.1, 0.15) is 0 Å². The summed E-state index contributed by atoms with van der Waals surface area (Å²) < 4.78 is 0. The molecule has 0 aromatic heterocycles. The molecule has 0 fully saturated rings. The van der Waals surface area contributed by atoms with E-state index in [2.05, 4.69) is 21.2 Å². The molecular formula is C12H13BrClNO. The van der Waals surface area contributed by atoms with Gasteiger partial charge in [-0.25, -0.2) is 0 Å². The Morgan fingerprint density at radius 3 is 3.12 bits per heavy atom. The number of carbonyl (C=O) groups excluding carboxylic acids is 1. The van der Waals surface area contributed by atoms with Crippen molar-refractivity contribution in [2.24, 2.45) is 0 Å². The van der Waals surface area contributed by atoms with Crippen LogP contribution in [0.2, 0.25) is 5.02 Å². The monoisotopic (exact) mass is 301 g/mol. The van der Waals surface area contributed by atoms with Crippen LogP contribution in [0.25, 0.3) is 0 Å². The van der Waals surface area contributed by atoms with E-state index in [0.717, 1.165) is 17.9 Å². The van der Waals surface area contributed by atoms with Gasteiger partial charge in [0.15, 0.2) is 0 Å². The molecule has 0 aliphatic heterocycles. The summed E-state index contributed by atoms with van der Waals surface area (Å²) in [4.78, 5) is 11.5. The Labute approximate surface area is 108 Å². The molecule has 0 unspecified atom stereocenters. The number of amides is 1. The molecule has 0 radical (unpaired) electrons. The van der Waals surface area contributed by atoms with E-state index in [1.807, 2.05) is 18.2 Å². The van der Waals surface area contributed by atoms with E-state index in [1.165, 1.54) is 11.1 Å². The Bertz CT molecular complexity index is 408. The Hall–Kier alpha value is -0.540. The summed E-state index contributed by atoms with van der Waals surface area (Å²) in [5, 5.41) is 4.55. The van der Waals surface area contributed by atoms with E-state index >= 15 is 0 Å². The third-order valence-electron chi connectivity index (χ3n) is 2.87. The fraction of sp³-hybridized carbons (Fsp3) is 0.417. The maximum atomic E-state index is 11.5. The summed E-state index contributed by atoms with van der Waals surface area (Å²) in [7, 11) is 0. The molecular weight excluding hydrogens is 289 g/mol. The van der Waals surface area contributed by atoms with Gasteiger partial charge in [0.25, 0.3) is 0 Å². The van der Waals surface area contributed by atoms with E-state index < -0.39 is 0 Å². The minimum Gasteiger partial charge on any atom is -0.349 e. The van der Waals surface area contributed by atoms with Gasteiger partial charge in [-0.2, -0.15) is 0 Å². The first kappa shape index (κ1) is 11.9. The average Bonchev–Trinajstić information content (AvgIpc) is 2.64. The first-order valence-corrected chi connectivity index (χ1v) is 6.85. The molecule has 0 saturated carbocycles. The molecule has 2 nitrogen and oxygen atoms in total.